The number of nitrogens with zero attached hydrogens (tertiary/aromatic N) is 1. The van der Waals surface area contributed by atoms with Crippen molar-refractivity contribution in [3.63, 3.8) is 0 Å². The number of hydrogen-bond acceptors (Lipinski definition) is 5. The number of urea groups is 1. The number of rotatable bonds is 8. The van der Waals surface area contributed by atoms with Gasteiger partial charge in [0.25, 0.3) is 15.6 Å². The van der Waals surface area contributed by atoms with E-state index < -0.39 is 32.2 Å². The third-order valence-electron chi connectivity index (χ3n) is 6.46. The molecule has 1 heterocycles. The zero-order chi connectivity index (χ0) is 23.6. The average Bonchev–Trinajstić information content (AvgIpc) is 3.41. The summed E-state index contributed by atoms with van der Waals surface area (Å²) in [5, 5.41) is 2.75. The van der Waals surface area contributed by atoms with Gasteiger partial charge in [0.2, 0.25) is 0 Å². The van der Waals surface area contributed by atoms with Crippen LogP contribution in [0.2, 0.25) is 0 Å². The van der Waals surface area contributed by atoms with Gasteiger partial charge in [-0.25, -0.2) is 22.7 Å². The number of hydrogen-bond donors (Lipinski definition) is 3. The van der Waals surface area contributed by atoms with Crippen molar-refractivity contribution in [2.75, 3.05) is 5.32 Å². The topological polar surface area (TPSA) is 130 Å². The molecule has 2 aromatic rings. The zero-order valence-corrected chi connectivity index (χ0v) is 23.8. The van der Waals surface area contributed by atoms with Crippen LogP contribution in [0.25, 0.3) is 0 Å². The summed E-state index contributed by atoms with van der Waals surface area (Å²) in [6.07, 6.45) is 10.2. The second-order valence-corrected chi connectivity index (χ2v) is 10.5. The number of fused-ring (bicyclic) bond motifs is 2. The van der Waals surface area contributed by atoms with Crippen LogP contribution in [0.1, 0.15) is 67.7 Å². The minimum Gasteiger partial charge on any atom is -0.307 e. The predicted octanol–water partition coefficient (Wildman–Crippen LogP) is 2.22. The van der Waals surface area contributed by atoms with E-state index in [9.17, 15) is 22.8 Å². The number of amides is 2. The van der Waals surface area contributed by atoms with Crippen LogP contribution < -0.4 is 21.3 Å². The Hall–Kier alpha value is -1.24. The van der Waals surface area contributed by atoms with Gasteiger partial charge in [0.15, 0.2) is 4.90 Å². The molecule has 3 N–H and O–H groups in total. The Bertz CT molecular complexity index is 1270. The molecule has 11 heteroatoms. The van der Waals surface area contributed by atoms with Gasteiger partial charge in [-0.15, -0.1) is 0 Å². The summed E-state index contributed by atoms with van der Waals surface area (Å²) in [6, 6.07) is 1.30. The average molecular weight is 514 g/mol. The van der Waals surface area contributed by atoms with Gasteiger partial charge in [-0.1, -0.05) is 32.3 Å². The van der Waals surface area contributed by atoms with Crippen LogP contribution in [0, 0.1) is 0 Å². The van der Waals surface area contributed by atoms with E-state index in [1.165, 1.54) is 15.7 Å². The molecule has 0 bridgehead atoms. The van der Waals surface area contributed by atoms with Crippen LogP contribution in [-0.2, 0) is 42.3 Å². The molecule has 2 amide bonds. The fourth-order valence-corrected chi connectivity index (χ4v) is 5.81. The Kier molecular flexibility index (Phi) is 9.38. The summed E-state index contributed by atoms with van der Waals surface area (Å²) in [5.74, 6) is 0. The molecule has 0 aliphatic heterocycles. The quantitative estimate of drug-likeness (QED) is 0.368. The van der Waals surface area contributed by atoms with Crippen molar-refractivity contribution < 1.29 is 13.2 Å². The number of unbranched alkanes of at least 4 members (excludes halogenated alkanes) is 3. The Balaban J connectivity index is 0.00000324. The Morgan fingerprint density at radius 1 is 1.03 bits per heavy atom. The summed E-state index contributed by atoms with van der Waals surface area (Å²) in [6.45, 7) is 2.35. The molecule has 0 spiro atoms. The maximum atomic E-state index is 12.9. The van der Waals surface area contributed by atoms with Crippen molar-refractivity contribution in [1.29, 1.82) is 0 Å². The van der Waals surface area contributed by atoms with Crippen LogP contribution in [0.3, 0.4) is 0 Å². The molecule has 1 radical (unpaired) electrons. The fraction of sp³-hybridized carbons (Fsp3) is 0.522. The maximum absolute atomic E-state index is 12.9. The predicted molar refractivity (Wildman–Crippen MR) is 131 cm³/mol. The molecule has 9 nitrogen and oxygen atoms in total. The first-order chi connectivity index (χ1) is 15.8. The summed E-state index contributed by atoms with van der Waals surface area (Å²) < 4.78 is 28.8. The SMILES string of the molecule is CCCCCCn1cc(S(=O)(=O)NC(=O)Nc2c3c(cc4c2CCC4)CCC3)c(=O)[nH]c1=O.[K]. The van der Waals surface area contributed by atoms with E-state index in [-0.39, 0.29) is 57.9 Å². The van der Waals surface area contributed by atoms with Gasteiger partial charge in [0.05, 0.1) is 0 Å². The monoisotopic (exact) mass is 513 g/mol. The summed E-state index contributed by atoms with van der Waals surface area (Å²) in [7, 11) is -4.48. The number of aromatic amines is 1. The van der Waals surface area contributed by atoms with Crippen molar-refractivity contribution in [1.82, 2.24) is 14.3 Å². The standard InChI is InChI=1S/C23H30N4O5S.K/c1-2-3-4-5-12-27-14-19(21(28)25-23(27)30)33(31,32)26-22(29)24-20-17-10-6-8-15(17)13-16-9-7-11-18(16)20;/h13-14H,2-12H2,1H3,(H2,24,26,29)(H,25,28,30);. The number of nitrogens with one attached hydrogen (secondary N) is 3. The molecular formula is C23H30KN4O5S. The van der Waals surface area contributed by atoms with E-state index in [4.69, 9.17) is 0 Å². The van der Waals surface area contributed by atoms with Crippen LogP contribution in [0.4, 0.5) is 10.5 Å². The van der Waals surface area contributed by atoms with Gasteiger partial charge in [-0.05, 0) is 67.2 Å². The molecule has 0 unspecified atom stereocenters. The van der Waals surface area contributed by atoms with Crippen molar-refractivity contribution in [3.05, 3.63) is 55.4 Å². The first kappa shape index (κ1) is 27.3. The molecule has 34 heavy (non-hydrogen) atoms. The minimum atomic E-state index is -4.48. The van der Waals surface area contributed by atoms with Gasteiger partial charge in [-0.2, -0.15) is 0 Å². The van der Waals surface area contributed by atoms with Gasteiger partial charge in [0.1, 0.15) is 0 Å². The van der Waals surface area contributed by atoms with E-state index >= 15 is 0 Å². The maximum Gasteiger partial charge on any atom is 0.333 e. The summed E-state index contributed by atoms with van der Waals surface area (Å²) in [4.78, 5) is 38.4. The fourth-order valence-electron chi connectivity index (χ4n) is 4.84. The van der Waals surface area contributed by atoms with E-state index in [1.807, 2.05) is 9.71 Å². The second-order valence-electron chi connectivity index (χ2n) is 8.80. The van der Waals surface area contributed by atoms with E-state index in [0.29, 0.717) is 12.1 Å². The van der Waals surface area contributed by atoms with E-state index in [1.54, 1.807) is 0 Å². The molecule has 2 aliphatic rings. The molecule has 0 atom stereocenters. The zero-order valence-electron chi connectivity index (χ0n) is 19.8. The van der Waals surface area contributed by atoms with Crippen LogP contribution in [-0.4, -0.2) is 75.4 Å². The minimum absolute atomic E-state index is 0. The van der Waals surface area contributed by atoms with Crippen molar-refractivity contribution >= 4 is 73.1 Å². The molecule has 1 aromatic carbocycles. The number of anilines is 1. The van der Waals surface area contributed by atoms with Crippen LogP contribution in [0.5, 0.6) is 0 Å². The van der Waals surface area contributed by atoms with Crippen molar-refractivity contribution in [2.45, 2.75) is 82.6 Å². The molecule has 179 valence electrons. The molecule has 0 saturated carbocycles. The number of H-pyrrole nitrogens is 1. The smallest absolute Gasteiger partial charge is 0.307 e. The van der Waals surface area contributed by atoms with Gasteiger partial charge in [0, 0.05) is 69.8 Å². The largest absolute Gasteiger partial charge is 0.333 e. The van der Waals surface area contributed by atoms with Gasteiger partial charge >= 0.3 is 11.7 Å². The molecule has 4 rings (SSSR count). The number of benzene rings is 1. The van der Waals surface area contributed by atoms with Crippen LogP contribution >= 0.6 is 0 Å². The first-order valence-electron chi connectivity index (χ1n) is 11.6. The Labute approximate surface area is 241 Å². The van der Waals surface area contributed by atoms with Gasteiger partial charge in [-0.3, -0.25) is 14.3 Å². The number of carbonyl (C=O) groups is 1. The molecule has 2 aliphatic carbocycles. The van der Waals surface area contributed by atoms with E-state index in [0.717, 1.165) is 75.1 Å². The number of aromatic nitrogens is 2. The Morgan fingerprint density at radius 2 is 1.68 bits per heavy atom. The van der Waals surface area contributed by atoms with E-state index in [2.05, 4.69) is 18.3 Å². The Morgan fingerprint density at radius 3 is 2.29 bits per heavy atom. The van der Waals surface area contributed by atoms with Gasteiger partial charge < -0.3 is 5.32 Å². The normalized spacial score (nSPS) is 14.3. The number of aryl methyl sites for hydroxylation is 3. The molecule has 0 fully saturated rings. The summed E-state index contributed by atoms with van der Waals surface area (Å²) in [5.41, 5.74) is 3.55. The third-order valence-corrected chi connectivity index (χ3v) is 7.78. The number of carbonyl (C=O) groups excluding carboxylic acids is 1. The van der Waals surface area contributed by atoms with Crippen molar-refractivity contribution in [3.8, 4) is 0 Å². The van der Waals surface area contributed by atoms with Crippen molar-refractivity contribution in [2.24, 2.45) is 0 Å². The molecular weight excluding hydrogens is 483 g/mol. The molecule has 0 saturated heterocycles. The summed E-state index contributed by atoms with van der Waals surface area (Å²) >= 11 is 0. The number of sulfonamides is 1. The second kappa shape index (κ2) is 11.7. The third kappa shape index (κ3) is 5.93. The first-order valence-corrected chi connectivity index (χ1v) is 13.1. The molecule has 1 aromatic heterocycles. The van der Waals surface area contributed by atoms with Crippen LogP contribution in [0.15, 0.2) is 26.7 Å².